The van der Waals surface area contributed by atoms with Crippen LogP contribution in [0.2, 0.25) is 0 Å². The first-order valence-corrected chi connectivity index (χ1v) is 9.47. The van der Waals surface area contributed by atoms with Crippen molar-refractivity contribution in [2.75, 3.05) is 24.6 Å². The predicted octanol–water partition coefficient (Wildman–Crippen LogP) is 1.32. The number of urea groups is 1. The zero-order valence-electron chi connectivity index (χ0n) is 13.2. The van der Waals surface area contributed by atoms with Crippen LogP contribution in [-0.2, 0) is 16.3 Å². The molecule has 7 heteroatoms. The molecule has 0 aliphatic carbocycles. The highest BCUT2D eigenvalue weighted by Gasteiger charge is 2.27. The summed E-state index contributed by atoms with van der Waals surface area (Å²) < 4.78 is 23.3. The molecule has 2 rings (SSSR count). The summed E-state index contributed by atoms with van der Waals surface area (Å²) in [5.74, 6) is 0.161. The molecular weight excluding hydrogens is 314 g/mol. The van der Waals surface area contributed by atoms with Gasteiger partial charge in [0.05, 0.1) is 23.1 Å². The molecule has 1 aliphatic rings. The molecule has 1 atom stereocenters. The van der Waals surface area contributed by atoms with Crippen molar-refractivity contribution in [1.29, 1.82) is 5.26 Å². The lowest BCUT2D eigenvalue weighted by Gasteiger charge is -2.26. The van der Waals surface area contributed by atoms with E-state index in [4.69, 9.17) is 5.26 Å². The Hall–Kier alpha value is -2.07. The molecule has 124 valence electrons. The van der Waals surface area contributed by atoms with Gasteiger partial charge in [-0.1, -0.05) is 12.1 Å². The van der Waals surface area contributed by atoms with E-state index < -0.39 is 9.84 Å². The minimum absolute atomic E-state index is 0.0228. The molecule has 1 fully saturated rings. The molecule has 1 aliphatic heterocycles. The Labute approximate surface area is 137 Å². The largest absolute Gasteiger partial charge is 0.338 e. The van der Waals surface area contributed by atoms with Crippen LogP contribution in [0.4, 0.5) is 4.79 Å². The van der Waals surface area contributed by atoms with Crippen LogP contribution in [0.1, 0.15) is 24.5 Å². The lowest BCUT2D eigenvalue weighted by Crippen LogP contribution is -2.46. The Morgan fingerprint density at radius 1 is 1.43 bits per heavy atom. The summed E-state index contributed by atoms with van der Waals surface area (Å²) in [6.45, 7) is 2.56. The smallest absolute Gasteiger partial charge is 0.317 e. The van der Waals surface area contributed by atoms with E-state index in [-0.39, 0.29) is 30.1 Å². The summed E-state index contributed by atoms with van der Waals surface area (Å²) in [6, 6.07) is 9.03. The van der Waals surface area contributed by atoms with Crippen molar-refractivity contribution >= 4 is 15.9 Å². The van der Waals surface area contributed by atoms with Crippen LogP contribution in [0.5, 0.6) is 0 Å². The maximum Gasteiger partial charge on any atom is 0.317 e. The molecule has 1 aromatic rings. The van der Waals surface area contributed by atoms with Gasteiger partial charge in [-0.3, -0.25) is 0 Å². The number of nitriles is 1. The van der Waals surface area contributed by atoms with E-state index >= 15 is 0 Å². The Balaban J connectivity index is 1.87. The third-order valence-electron chi connectivity index (χ3n) is 4.03. The topological polar surface area (TPSA) is 90.3 Å². The van der Waals surface area contributed by atoms with Crippen molar-refractivity contribution in [2.45, 2.75) is 25.8 Å². The average molecular weight is 335 g/mol. The molecule has 0 radical (unpaired) electrons. The van der Waals surface area contributed by atoms with Gasteiger partial charge in [-0.25, -0.2) is 13.2 Å². The van der Waals surface area contributed by atoms with Crippen LogP contribution < -0.4 is 5.32 Å². The van der Waals surface area contributed by atoms with Gasteiger partial charge in [0.25, 0.3) is 0 Å². The highest BCUT2D eigenvalue weighted by molar-refractivity contribution is 7.91. The maximum atomic E-state index is 12.3. The molecule has 2 amide bonds. The van der Waals surface area contributed by atoms with Crippen molar-refractivity contribution in [2.24, 2.45) is 0 Å². The molecule has 6 nitrogen and oxygen atoms in total. The summed E-state index contributed by atoms with van der Waals surface area (Å²) in [5, 5.41) is 11.7. The van der Waals surface area contributed by atoms with Gasteiger partial charge in [0.1, 0.15) is 0 Å². The number of hydrogen-bond donors (Lipinski definition) is 1. The van der Waals surface area contributed by atoms with Crippen LogP contribution in [0, 0.1) is 11.3 Å². The molecule has 0 unspecified atom stereocenters. The van der Waals surface area contributed by atoms with E-state index in [0.717, 1.165) is 5.56 Å². The van der Waals surface area contributed by atoms with Crippen LogP contribution in [0.15, 0.2) is 24.3 Å². The Morgan fingerprint density at radius 3 is 2.96 bits per heavy atom. The summed E-state index contributed by atoms with van der Waals surface area (Å²) in [6.07, 6.45) is 1.10. The van der Waals surface area contributed by atoms with Gasteiger partial charge < -0.3 is 10.2 Å². The summed E-state index contributed by atoms with van der Waals surface area (Å²) in [4.78, 5) is 13.8. The van der Waals surface area contributed by atoms with Crippen LogP contribution in [-0.4, -0.2) is 50.0 Å². The number of sulfone groups is 1. The number of carbonyl (C=O) groups excluding carboxylic acids is 1. The summed E-state index contributed by atoms with van der Waals surface area (Å²) in [5.41, 5.74) is 1.58. The first-order chi connectivity index (χ1) is 10.9. The third-order valence-corrected chi connectivity index (χ3v) is 5.69. The number of carbonyl (C=O) groups is 1. The molecule has 1 aromatic carbocycles. The number of benzene rings is 1. The molecule has 1 N–H and O–H groups in total. The van der Waals surface area contributed by atoms with Gasteiger partial charge in [-0.2, -0.15) is 5.26 Å². The average Bonchev–Trinajstić information content (AvgIpc) is 2.66. The van der Waals surface area contributed by atoms with E-state index in [2.05, 4.69) is 11.4 Å². The van der Waals surface area contributed by atoms with Gasteiger partial charge in [0, 0.05) is 19.1 Å². The van der Waals surface area contributed by atoms with Gasteiger partial charge in [0.15, 0.2) is 9.84 Å². The van der Waals surface area contributed by atoms with Crippen molar-refractivity contribution in [3.8, 4) is 6.07 Å². The monoisotopic (exact) mass is 335 g/mol. The quantitative estimate of drug-likeness (QED) is 0.902. The third kappa shape index (κ3) is 4.96. The van der Waals surface area contributed by atoms with Crippen LogP contribution >= 0.6 is 0 Å². The van der Waals surface area contributed by atoms with E-state index in [1.165, 1.54) is 0 Å². The minimum Gasteiger partial charge on any atom is -0.338 e. The number of nitrogens with one attached hydrogen (secondary N) is 1. The van der Waals surface area contributed by atoms with Crippen LogP contribution in [0.25, 0.3) is 0 Å². The highest BCUT2D eigenvalue weighted by atomic mass is 32.2. The minimum atomic E-state index is -3.04. The zero-order chi connectivity index (χ0) is 16.9. The van der Waals surface area contributed by atoms with Gasteiger partial charge in [-0.15, -0.1) is 0 Å². The Bertz CT molecular complexity index is 710. The summed E-state index contributed by atoms with van der Waals surface area (Å²) >= 11 is 0. The molecule has 1 saturated heterocycles. The fraction of sp³-hybridized carbons (Fsp3) is 0.500. The Kier molecular flexibility index (Phi) is 5.61. The molecule has 0 aromatic heterocycles. The number of nitrogens with zero attached hydrogens (tertiary/aromatic N) is 2. The van der Waals surface area contributed by atoms with Crippen molar-refractivity contribution < 1.29 is 13.2 Å². The first-order valence-electron chi connectivity index (χ1n) is 7.65. The molecule has 0 saturated carbocycles. The first kappa shape index (κ1) is 17.3. The van der Waals surface area contributed by atoms with Crippen molar-refractivity contribution in [3.05, 3.63) is 35.4 Å². The highest BCUT2D eigenvalue weighted by Crippen LogP contribution is 2.12. The van der Waals surface area contributed by atoms with Crippen molar-refractivity contribution in [3.63, 3.8) is 0 Å². The van der Waals surface area contributed by atoms with Crippen molar-refractivity contribution in [1.82, 2.24) is 10.2 Å². The van der Waals surface area contributed by atoms with Gasteiger partial charge in [0.2, 0.25) is 0 Å². The molecule has 23 heavy (non-hydrogen) atoms. The van der Waals surface area contributed by atoms with E-state index in [9.17, 15) is 13.2 Å². The lowest BCUT2D eigenvalue weighted by atomic mass is 10.1. The normalized spacial score (nSPS) is 20.3. The second kappa shape index (κ2) is 7.47. The van der Waals surface area contributed by atoms with E-state index in [0.29, 0.717) is 24.9 Å². The zero-order valence-corrected chi connectivity index (χ0v) is 14.0. The van der Waals surface area contributed by atoms with Gasteiger partial charge in [-0.05, 0) is 37.5 Å². The van der Waals surface area contributed by atoms with E-state index in [1.807, 2.05) is 19.1 Å². The maximum absolute atomic E-state index is 12.3. The SMILES string of the molecule is C[C@H]1CCS(=O)(=O)CCN1C(=O)NCCc1cccc(C#N)c1. The van der Waals surface area contributed by atoms with E-state index in [1.54, 1.807) is 17.0 Å². The Morgan fingerprint density at radius 2 is 2.22 bits per heavy atom. The second-order valence-corrected chi connectivity index (χ2v) is 8.08. The standard InChI is InChI=1S/C16H21N3O3S/c1-13-6-9-23(21,22)10-8-19(13)16(20)18-7-5-14-3-2-4-15(11-14)12-17/h2-4,11,13H,5-10H2,1H3,(H,18,20)/t13-/m0/s1. The number of rotatable bonds is 3. The number of amides is 2. The van der Waals surface area contributed by atoms with Crippen LogP contribution in [0.3, 0.4) is 0 Å². The number of hydrogen-bond acceptors (Lipinski definition) is 4. The molecular formula is C16H21N3O3S. The second-order valence-electron chi connectivity index (χ2n) is 5.78. The fourth-order valence-corrected chi connectivity index (χ4v) is 3.96. The van der Waals surface area contributed by atoms with Gasteiger partial charge >= 0.3 is 6.03 Å². The predicted molar refractivity (Wildman–Crippen MR) is 87.7 cm³/mol. The summed E-state index contributed by atoms with van der Waals surface area (Å²) in [7, 11) is -3.04. The fourth-order valence-electron chi connectivity index (χ4n) is 2.58. The molecule has 0 spiro atoms. The molecule has 0 bridgehead atoms. The molecule has 1 heterocycles. The lowest BCUT2D eigenvalue weighted by molar-refractivity contribution is 0.183.